The molecule has 1 aromatic heterocycles. The number of nitrogens with zero attached hydrogens (tertiary/aromatic N) is 1. The number of benzene rings is 3. The van der Waals surface area contributed by atoms with Crippen LogP contribution in [0, 0.1) is 0 Å². The van der Waals surface area contributed by atoms with Gasteiger partial charge in [0.15, 0.2) is 0 Å². The van der Waals surface area contributed by atoms with Gasteiger partial charge in [0.05, 0.1) is 0 Å². The van der Waals surface area contributed by atoms with Crippen molar-refractivity contribution in [2.75, 3.05) is 10.6 Å². The average Bonchev–Trinajstić information content (AvgIpc) is 3.01. The second-order valence-corrected chi connectivity index (χ2v) is 6.71. The summed E-state index contributed by atoms with van der Waals surface area (Å²) in [6.45, 7) is 4.45. The van der Waals surface area contributed by atoms with Crippen LogP contribution in [0.1, 0.15) is 24.2 Å². The third kappa shape index (κ3) is 3.22. The summed E-state index contributed by atoms with van der Waals surface area (Å²) in [7, 11) is 0. The van der Waals surface area contributed by atoms with Gasteiger partial charge in [0.2, 0.25) is 5.91 Å². The zero-order chi connectivity index (χ0) is 19.7. The number of aryl methyl sites for hydroxylation is 1. The molecule has 0 saturated carbocycles. The van der Waals surface area contributed by atoms with Gasteiger partial charge in [0.25, 0.3) is 5.91 Å². The van der Waals surface area contributed by atoms with E-state index in [4.69, 9.17) is 0 Å². The summed E-state index contributed by atoms with van der Waals surface area (Å²) >= 11 is 0. The maximum atomic E-state index is 12.7. The topological polar surface area (TPSA) is 63.1 Å². The molecule has 140 valence electrons. The zero-order valence-electron chi connectivity index (χ0n) is 15.8. The first-order valence-electron chi connectivity index (χ1n) is 9.27. The van der Waals surface area contributed by atoms with Crippen LogP contribution in [-0.2, 0) is 11.3 Å². The Labute approximate surface area is 163 Å². The number of aromatic nitrogens is 1. The van der Waals surface area contributed by atoms with E-state index in [0.717, 1.165) is 23.1 Å². The van der Waals surface area contributed by atoms with Gasteiger partial charge in [-0.25, -0.2) is 0 Å². The smallest absolute Gasteiger partial charge is 0.255 e. The van der Waals surface area contributed by atoms with Crippen LogP contribution in [-0.4, -0.2) is 16.4 Å². The van der Waals surface area contributed by atoms with Crippen molar-refractivity contribution in [2.24, 2.45) is 0 Å². The van der Waals surface area contributed by atoms with Crippen molar-refractivity contribution in [3.8, 4) is 0 Å². The molecule has 0 spiro atoms. The largest absolute Gasteiger partial charge is 0.341 e. The Bertz CT molecular complexity index is 1210. The SMILES string of the molecule is CCn1c2ccccc2c2cc(NC(=O)c3cccc(NC(C)=O)c3)ccc21. The zero-order valence-corrected chi connectivity index (χ0v) is 15.8. The summed E-state index contributed by atoms with van der Waals surface area (Å²) in [6, 6.07) is 21.2. The van der Waals surface area contributed by atoms with E-state index in [-0.39, 0.29) is 11.8 Å². The Morgan fingerprint density at radius 2 is 1.57 bits per heavy atom. The second-order valence-electron chi connectivity index (χ2n) is 6.71. The Morgan fingerprint density at radius 1 is 0.821 bits per heavy atom. The van der Waals surface area contributed by atoms with Crippen LogP contribution in [0.3, 0.4) is 0 Å². The maximum absolute atomic E-state index is 12.7. The molecule has 4 rings (SSSR count). The molecule has 4 aromatic rings. The molecule has 0 saturated heterocycles. The van der Waals surface area contributed by atoms with Crippen molar-refractivity contribution in [3.05, 3.63) is 72.3 Å². The molecule has 5 heteroatoms. The fourth-order valence-corrected chi connectivity index (χ4v) is 3.62. The predicted molar refractivity (Wildman–Crippen MR) is 114 cm³/mol. The quantitative estimate of drug-likeness (QED) is 0.529. The molecule has 0 aliphatic rings. The molecule has 0 unspecified atom stereocenters. The van der Waals surface area contributed by atoms with E-state index in [1.54, 1.807) is 24.3 Å². The fraction of sp³-hybridized carbons (Fsp3) is 0.130. The fourth-order valence-electron chi connectivity index (χ4n) is 3.62. The van der Waals surface area contributed by atoms with Gasteiger partial charge in [-0.15, -0.1) is 0 Å². The van der Waals surface area contributed by atoms with Crippen LogP contribution in [0.2, 0.25) is 0 Å². The molecule has 0 atom stereocenters. The number of carbonyl (C=O) groups is 2. The molecular weight excluding hydrogens is 350 g/mol. The Hall–Kier alpha value is -3.60. The molecular formula is C23H21N3O2. The van der Waals surface area contributed by atoms with Crippen molar-refractivity contribution in [1.82, 2.24) is 4.57 Å². The van der Waals surface area contributed by atoms with E-state index in [1.807, 2.05) is 30.3 Å². The van der Waals surface area contributed by atoms with Crippen LogP contribution in [0.15, 0.2) is 66.7 Å². The first kappa shape index (κ1) is 17.8. The summed E-state index contributed by atoms with van der Waals surface area (Å²) in [5.41, 5.74) is 4.16. The lowest BCUT2D eigenvalue weighted by molar-refractivity contribution is -0.114. The van der Waals surface area contributed by atoms with Gasteiger partial charge < -0.3 is 15.2 Å². The van der Waals surface area contributed by atoms with Gasteiger partial charge in [-0.3, -0.25) is 9.59 Å². The lowest BCUT2D eigenvalue weighted by Gasteiger charge is -2.08. The van der Waals surface area contributed by atoms with Crippen molar-refractivity contribution in [1.29, 1.82) is 0 Å². The molecule has 2 N–H and O–H groups in total. The van der Waals surface area contributed by atoms with Gasteiger partial charge in [-0.2, -0.15) is 0 Å². The minimum atomic E-state index is -0.217. The molecule has 2 amide bonds. The minimum Gasteiger partial charge on any atom is -0.341 e. The highest BCUT2D eigenvalue weighted by Crippen LogP contribution is 2.31. The minimum absolute atomic E-state index is 0.171. The molecule has 28 heavy (non-hydrogen) atoms. The van der Waals surface area contributed by atoms with E-state index in [2.05, 4.69) is 34.3 Å². The van der Waals surface area contributed by atoms with Crippen molar-refractivity contribution in [2.45, 2.75) is 20.4 Å². The Balaban J connectivity index is 1.68. The number of nitrogens with one attached hydrogen (secondary N) is 2. The highest BCUT2D eigenvalue weighted by molar-refractivity contribution is 6.11. The summed E-state index contributed by atoms with van der Waals surface area (Å²) in [4.78, 5) is 23.9. The number of fused-ring (bicyclic) bond motifs is 3. The molecule has 0 aliphatic heterocycles. The monoisotopic (exact) mass is 371 g/mol. The molecule has 5 nitrogen and oxygen atoms in total. The van der Waals surface area contributed by atoms with Gasteiger partial charge in [0.1, 0.15) is 0 Å². The van der Waals surface area contributed by atoms with Gasteiger partial charge in [0, 0.05) is 52.2 Å². The van der Waals surface area contributed by atoms with E-state index in [1.165, 1.54) is 17.8 Å². The summed E-state index contributed by atoms with van der Waals surface area (Å²) in [5.74, 6) is -0.388. The lowest BCUT2D eigenvalue weighted by atomic mass is 10.1. The third-order valence-electron chi connectivity index (χ3n) is 4.79. The van der Waals surface area contributed by atoms with Crippen LogP contribution in [0.25, 0.3) is 21.8 Å². The number of amides is 2. The number of hydrogen-bond acceptors (Lipinski definition) is 2. The number of carbonyl (C=O) groups excluding carboxylic acids is 2. The summed E-state index contributed by atoms with van der Waals surface area (Å²) in [5, 5.41) is 7.94. The van der Waals surface area contributed by atoms with Crippen LogP contribution in [0.5, 0.6) is 0 Å². The molecule has 3 aromatic carbocycles. The number of para-hydroxylation sites is 1. The lowest BCUT2D eigenvalue weighted by Crippen LogP contribution is -2.13. The molecule has 1 heterocycles. The molecule has 0 aliphatic carbocycles. The number of hydrogen-bond donors (Lipinski definition) is 2. The third-order valence-corrected chi connectivity index (χ3v) is 4.79. The van der Waals surface area contributed by atoms with Crippen molar-refractivity contribution in [3.63, 3.8) is 0 Å². The van der Waals surface area contributed by atoms with Gasteiger partial charge >= 0.3 is 0 Å². The average molecular weight is 371 g/mol. The molecule has 0 fully saturated rings. The van der Waals surface area contributed by atoms with Gasteiger partial charge in [-0.1, -0.05) is 24.3 Å². The molecule has 0 bridgehead atoms. The highest BCUT2D eigenvalue weighted by atomic mass is 16.2. The summed E-state index contributed by atoms with van der Waals surface area (Å²) < 4.78 is 2.27. The normalized spacial score (nSPS) is 10.9. The Kier molecular flexibility index (Phi) is 4.57. The van der Waals surface area contributed by atoms with E-state index < -0.39 is 0 Å². The van der Waals surface area contributed by atoms with E-state index >= 15 is 0 Å². The van der Waals surface area contributed by atoms with Crippen LogP contribution in [0.4, 0.5) is 11.4 Å². The van der Waals surface area contributed by atoms with Crippen LogP contribution >= 0.6 is 0 Å². The van der Waals surface area contributed by atoms with E-state index in [9.17, 15) is 9.59 Å². The Morgan fingerprint density at radius 3 is 2.36 bits per heavy atom. The second kappa shape index (κ2) is 7.19. The van der Waals surface area contributed by atoms with Crippen LogP contribution < -0.4 is 10.6 Å². The first-order chi connectivity index (χ1) is 13.6. The first-order valence-corrected chi connectivity index (χ1v) is 9.27. The van der Waals surface area contributed by atoms with Crippen molar-refractivity contribution >= 4 is 45.0 Å². The van der Waals surface area contributed by atoms with Gasteiger partial charge in [-0.05, 0) is 49.4 Å². The van der Waals surface area contributed by atoms with Crippen molar-refractivity contribution < 1.29 is 9.59 Å². The molecule has 0 radical (unpaired) electrons. The number of rotatable bonds is 4. The maximum Gasteiger partial charge on any atom is 0.255 e. The number of anilines is 2. The summed E-state index contributed by atoms with van der Waals surface area (Å²) in [6.07, 6.45) is 0. The standard InChI is InChI=1S/C23H21N3O2/c1-3-26-21-10-5-4-9-19(21)20-14-18(11-12-22(20)26)25-23(28)16-7-6-8-17(13-16)24-15(2)27/h4-14H,3H2,1-2H3,(H,24,27)(H,25,28). The highest BCUT2D eigenvalue weighted by Gasteiger charge is 2.12. The predicted octanol–water partition coefficient (Wildman–Crippen LogP) is 5.03. The van der Waals surface area contributed by atoms with E-state index in [0.29, 0.717) is 11.3 Å².